The van der Waals surface area contributed by atoms with E-state index in [1.54, 1.807) is 13.8 Å². The molecule has 1 rings (SSSR count). The number of cyclic esters (lactones) is 2. The van der Waals surface area contributed by atoms with Crippen LogP contribution in [0.2, 0.25) is 0 Å². The standard InChI is InChI=1S/C13H16O6/c1-6(2)9-10(13(17)19-12(9)16)7(3)8(4)11(15)18-5-14/h5,7-10H,1H2,2-4H3. The molecule has 1 aliphatic rings. The van der Waals surface area contributed by atoms with Crippen molar-refractivity contribution in [2.45, 2.75) is 20.8 Å². The number of hydrogen-bond donors (Lipinski definition) is 0. The number of carbonyl (C=O) groups excluding carboxylic acids is 4. The van der Waals surface area contributed by atoms with Gasteiger partial charge in [0.2, 0.25) is 0 Å². The molecule has 1 heterocycles. The Bertz CT molecular complexity index is 438. The summed E-state index contributed by atoms with van der Waals surface area (Å²) in [7, 11) is 0. The fourth-order valence-electron chi connectivity index (χ4n) is 2.22. The summed E-state index contributed by atoms with van der Waals surface area (Å²) >= 11 is 0. The Kier molecular flexibility index (Phi) is 4.58. The van der Waals surface area contributed by atoms with Gasteiger partial charge in [0.05, 0.1) is 17.8 Å². The zero-order chi connectivity index (χ0) is 14.7. The van der Waals surface area contributed by atoms with Crippen LogP contribution < -0.4 is 0 Å². The van der Waals surface area contributed by atoms with E-state index in [0.29, 0.717) is 5.57 Å². The molecule has 1 aliphatic heterocycles. The number of carbonyl (C=O) groups is 4. The summed E-state index contributed by atoms with van der Waals surface area (Å²) < 4.78 is 8.86. The Hall–Kier alpha value is -1.98. The molecule has 0 amide bonds. The van der Waals surface area contributed by atoms with Crippen LogP contribution in [0.3, 0.4) is 0 Å². The molecule has 0 N–H and O–H groups in total. The second kappa shape index (κ2) is 5.77. The van der Waals surface area contributed by atoms with Gasteiger partial charge in [0, 0.05) is 0 Å². The Balaban J connectivity index is 2.95. The zero-order valence-corrected chi connectivity index (χ0v) is 11.0. The van der Waals surface area contributed by atoms with Crippen LogP contribution in [-0.4, -0.2) is 24.4 Å². The first-order valence-electron chi connectivity index (χ1n) is 5.86. The van der Waals surface area contributed by atoms with E-state index in [9.17, 15) is 19.2 Å². The molecule has 19 heavy (non-hydrogen) atoms. The maximum Gasteiger partial charge on any atom is 0.321 e. The molecule has 1 saturated heterocycles. The van der Waals surface area contributed by atoms with Crippen molar-refractivity contribution < 1.29 is 28.7 Å². The lowest BCUT2D eigenvalue weighted by molar-refractivity contribution is -0.156. The number of hydrogen-bond acceptors (Lipinski definition) is 6. The summed E-state index contributed by atoms with van der Waals surface area (Å²) in [5.41, 5.74) is 0.503. The molecule has 1 fully saturated rings. The highest BCUT2D eigenvalue weighted by atomic mass is 16.6. The molecule has 4 unspecified atom stereocenters. The van der Waals surface area contributed by atoms with Crippen LogP contribution >= 0.6 is 0 Å². The van der Waals surface area contributed by atoms with Crippen molar-refractivity contribution in [3.8, 4) is 0 Å². The van der Waals surface area contributed by atoms with Gasteiger partial charge in [-0.15, -0.1) is 0 Å². The van der Waals surface area contributed by atoms with E-state index in [2.05, 4.69) is 16.1 Å². The minimum Gasteiger partial charge on any atom is -0.395 e. The molecule has 0 bridgehead atoms. The second-order valence-corrected chi connectivity index (χ2v) is 4.77. The highest BCUT2D eigenvalue weighted by Crippen LogP contribution is 2.37. The molecule has 0 aromatic carbocycles. The average Bonchev–Trinajstić information content (AvgIpc) is 2.62. The van der Waals surface area contributed by atoms with Gasteiger partial charge in [-0.05, 0) is 12.8 Å². The van der Waals surface area contributed by atoms with Crippen molar-refractivity contribution in [2.24, 2.45) is 23.7 Å². The van der Waals surface area contributed by atoms with Gasteiger partial charge >= 0.3 is 24.4 Å². The normalized spacial score (nSPS) is 25.4. The number of rotatable bonds is 5. The van der Waals surface area contributed by atoms with E-state index >= 15 is 0 Å². The van der Waals surface area contributed by atoms with Gasteiger partial charge in [-0.2, -0.15) is 0 Å². The third kappa shape index (κ3) is 2.89. The SMILES string of the molecule is C=C(C)C1C(=O)OC(=O)C1C(C)C(C)C(=O)OC=O. The maximum absolute atomic E-state index is 11.7. The monoisotopic (exact) mass is 268 g/mol. The predicted octanol–water partition coefficient (Wildman–Crippen LogP) is 0.850. The van der Waals surface area contributed by atoms with Crippen LogP contribution in [-0.2, 0) is 28.7 Å². The smallest absolute Gasteiger partial charge is 0.321 e. The largest absolute Gasteiger partial charge is 0.395 e. The van der Waals surface area contributed by atoms with Crippen LogP contribution in [0.25, 0.3) is 0 Å². The average molecular weight is 268 g/mol. The highest BCUT2D eigenvalue weighted by molar-refractivity contribution is 5.98. The minimum atomic E-state index is -0.779. The molecule has 6 heteroatoms. The Labute approximate surface area is 110 Å². The lowest BCUT2D eigenvalue weighted by Gasteiger charge is -2.24. The fraction of sp³-hybridized carbons (Fsp3) is 0.538. The topological polar surface area (TPSA) is 86.7 Å². The van der Waals surface area contributed by atoms with Crippen molar-refractivity contribution in [1.29, 1.82) is 0 Å². The first kappa shape index (κ1) is 15.1. The van der Waals surface area contributed by atoms with Crippen molar-refractivity contribution in [3.05, 3.63) is 12.2 Å². The van der Waals surface area contributed by atoms with E-state index < -0.39 is 41.6 Å². The number of esters is 3. The minimum absolute atomic E-state index is 0.0416. The lowest BCUT2D eigenvalue weighted by Crippen LogP contribution is -2.33. The lowest BCUT2D eigenvalue weighted by atomic mass is 9.75. The maximum atomic E-state index is 11.7. The van der Waals surface area contributed by atoms with Gasteiger partial charge < -0.3 is 9.47 Å². The van der Waals surface area contributed by atoms with Crippen LogP contribution in [0.4, 0.5) is 0 Å². The summed E-state index contributed by atoms with van der Waals surface area (Å²) in [6, 6.07) is 0. The molecule has 4 atom stereocenters. The van der Waals surface area contributed by atoms with Gasteiger partial charge in [0.15, 0.2) is 0 Å². The Morgan fingerprint density at radius 3 is 2.42 bits per heavy atom. The fourth-order valence-corrected chi connectivity index (χ4v) is 2.22. The van der Waals surface area contributed by atoms with Gasteiger partial charge in [-0.1, -0.05) is 26.0 Å². The van der Waals surface area contributed by atoms with Crippen molar-refractivity contribution in [1.82, 2.24) is 0 Å². The zero-order valence-electron chi connectivity index (χ0n) is 11.0. The molecule has 104 valence electrons. The Morgan fingerprint density at radius 1 is 1.37 bits per heavy atom. The molecule has 0 radical (unpaired) electrons. The highest BCUT2D eigenvalue weighted by Gasteiger charge is 2.49. The van der Waals surface area contributed by atoms with E-state index in [1.165, 1.54) is 6.92 Å². The molecule has 0 spiro atoms. The molecular formula is C13H16O6. The predicted molar refractivity (Wildman–Crippen MR) is 63.4 cm³/mol. The van der Waals surface area contributed by atoms with Gasteiger partial charge in [-0.25, -0.2) is 0 Å². The van der Waals surface area contributed by atoms with Gasteiger partial charge in [0.1, 0.15) is 0 Å². The molecule has 0 aromatic heterocycles. The third-order valence-electron chi connectivity index (χ3n) is 3.51. The van der Waals surface area contributed by atoms with Crippen molar-refractivity contribution in [2.75, 3.05) is 0 Å². The third-order valence-corrected chi connectivity index (χ3v) is 3.51. The van der Waals surface area contributed by atoms with Crippen LogP contribution in [0.15, 0.2) is 12.2 Å². The van der Waals surface area contributed by atoms with Crippen LogP contribution in [0.5, 0.6) is 0 Å². The summed E-state index contributed by atoms with van der Waals surface area (Å²) in [4.78, 5) is 44.9. The Morgan fingerprint density at radius 2 is 1.95 bits per heavy atom. The van der Waals surface area contributed by atoms with Crippen LogP contribution in [0, 0.1) is 23.7 Å². The van der Waals surface area contributed by atoms with E-state index in [1.807, 2.05) is 0 Å². The molecular weight excluding hydrogens is 252 g/mol. The summed E-state index contributed by atoms with van der Waals surface area (Å²) in [5, 5.41) is 0. The second-order valence-electron chi connectivity index (χ2n) is 4.77. The van der Waals surface area contributed by atoms with E-state index in [4.69, 9.17) is 0 Å². The first-order chi connectivity index (χ1) is 8.81. The van der Waals surface area contributed by atoms with E-state index in [0.717, 1.165) is 0 Å². The molecule has 6 nitrogen and oxygen atoms in total. The van der Waals surface area contributed by atoms with Gasteiger partial charge in [0.25, 0.3) is 0 Å². The summed E-state index contributed by atoms with van der Waals surface area (Å²) in [6.07, 6.45) is 0. The van der Waals surface area contributed by atoms with Crippen LogP contribution in [0.1, 0.15) is 20.8 Å². The van der Waals surface area contributed by atoms with E-state index in [-0.39, 0.29) is 6.47 Å². The number of ether oxygens (including phenoxy) is 2. The molecule has 0 aliphatic carbocycles. The van der Waals surface area contributed by atoms with Gasteiger partial charge in [-0.3, -0.25) is 19.2 Å². The summed E-state index contributed by atoms with van der Waals surface area (Å²) in [5.74, 6) is -4.81. The quantitative estimate of drug-likeness (QED) is 0.318. The first-order valence-corrected chi connectivity index (χ1v) is 5.86. The van der Waals surface area contributed by atoms with Crippen molar-refractivity contribution >= 4 is 24.4 Å². The summed E-state index contributed by atoms with van der Waals surface area (Å²) in [6.45, 7) is 8.50. The molecule has 0 aromatic rings. The molecule has 0 saturated carbocycles. The van der Waals surface area contributed by atoms with Crippen molar-refractivity contribution in [3.63, 3.8) is 0 Å².